The summed E-state index contributed by atoms with van der Waals surface area (Å²) in [6.45, 7) is 0.469. The van der Waals surface area contributed by atoms with E-state index >= 15 is 0 Å². The Morgan fingerprint density at radius 3 is 2.67 bits per heavy atom. The highest BCUT2D eigenvalue weighted by Crippen LogP contribution is 2.36. The SMILES string of the molecule is NC(CNC(=O)C1Cc2ccccc2S1)c1ccccc1. The standard InChI is InChI=1S/C17H18N2OS/c18-14(12-6-2-1-3-7-12)11-19-17(20)16-10-13-8-4-5-9-15(13)21-16/h1-9,14,16H,10-11,18H2,(H,19,20). The Morgan fingerprint density at radius 2 is 1.90 bits per heavy atom. The molecule has 0 bridgehead atoms. The van der Waals surface area contributed by atoms with Gasteiger partial charge in [0.2, 0.25) is 5.91 Å². The van der Waals surface area contributed by atoms with Crippen LogP contribution in [-0.2, 0) is 11.2 Å². The lowest BCUT2D eigenvalue weighted by atomic mass is 10.1. The number of amides is 1. The number of nitrogens with two attached hydrogens (primary N) is 1. The fraction of sp³-hybridized carbons (Fsp3) is 0.235. The van der Waals surface area contributed by atoms with Crippen LogP contribution in [0.5, 0.6) is 0 Å². The number of fused-ring (bicyclic) bond motifs is 1. The lowest BCUT2D eigenvalue weighted by Crippen LogP contribution is -2.37. The molecule has 0 aromatic heterocycles. The van der Waals surface area contributed by atoms with E-state index in [1.807, 2.05) is 42.5 Å². The molecule has 3 rings (SSSR count). The lowest BCUT2D eigenvalue weighted by molar-refractivity contribution is -0.120. The minimum Gasteiger partial charge on any atom is -0.353 e. The molecule has 1 amide bonds. The molecule has 108 valence electrons. The molecule has 2 atom stereocenters. The summed E-state index contributed by atoms with van der Waals surface area (Å²) in [6, 6.07) is 17.9. The topological polar surface area (TPSA) is 55.1 Å². The van der Waals surface area contributed by atoms with Gasteiger partial charge in [0.15, 0.2) is 0 Å². The quantitative estimate of drug-likeness (QED) is 0.912. The molecule has 0 aliphatic carbocycles. The molecule has 2 unspecified atom stereocenters. The van der Waals surface area contributed by atoms with Crippen molar-refractivity contribution in [3.63, 3.8) is 0 Å². The summed E-state index contributed by atoms with van der Waals surface area (Å²) in [5, 5.41) is 2.94. The van der Waals surface area contributed by atoms with Gasteiger partial charge in [0.25, 0.3) is 0 Å². The number of carbonyl (C=O) groups excluding carboxylic acids is 1. The number of thioether (sulfide) groups is 1. The first-order chi connectivity index (χ1) is 10.2. The predicted molar refractivity (Wildman–Crippen MR) is 86.2 cm³/mol. The molecule has 1 heterocycles. The van der Waals surface area contributed by atoms with Gasteiger partial charge in [-0.05, 0) is 23.6 Å². The predicted octanol–water partition coefficient (Wildman–Crippen LogP) is 2.52. The third kappa shape index (κ3) is 3.28. The molecule has 0 saturated heterocycles. The third-order valence-corrected chi connectivity index (χ3v) is 4.98. The van der Waals surface area contributed by atoms with Gasteiger partial charge in [-0.15, -0.1) is 11.8 Å². The average Bonchev–Trinajstić information content (AvgIpc) is 2.97. The van der Waals surface area contributed by atoms with E-state index in [2.05, 4.69) is 17.4 Å². The van der Waals surface area contributed by atoms with Crippen LogP contribution in [-0.4, -0.2) is 17.7 Å². The van der Waals surface area contributed by atoms with Crippen LogP contribution in [0.2, 0.25) is 0 Å². The number of rotatable bonds is 4. The molecule has 4 heteroatoms. The van der Waals surface area contributed by atoms with Crippen LogP contribution < -0.4 is 11.1 Å². The Balaban J connectivity index is 1.54. The van der Waals surface area contributed by atoms with Crippen LogP contribution in [0.15, 0.2) is 59.5 Å². The van der Waals surface area contributed by atoms with E-state index in [-0.39, 0.29) is 17.2 Å². The van der Waals surface area contributed by atoms with Crippen LogP contribution in [0.4, 0.5) is 0 Å². The van der Waals surface area contributed by atoms with Gasteiger partial charge in [-0.1, -0.05) is 48.5 Å². The van der Waals surface area contributed by atoms with Gasteiger partial charge in [-0.25, -0.2) is 0 Å². The van der Waals surface area contributed by atoms with Crippen molar-refractivity contribution in [2.75, 3.05) is 6.54 Å². The number of hydrogen-bond acceptors (Lipinski definition) is 3. The Hall–Kier alpha value is -1.78. The van der Waals surface area contributed by atoms with Crippen molar-refractivity contribution in [3.05, 3.63) is 65.7 Å². The van der Waals surface area contributed by atoms with Gasteiger partial charge in [0.05, 0.1) is 5.25 Å². The van der Waals surface area contributed by atoms with Crippen molar-refractivity contribution in [3.8, 4) is 0 Å². The van der Waals surface area contributed by atoms with Gasteiger partial charge in [-0.2, -0.15) is 0 Å². The highest BCUT2D eigenvalue weighted by Gasteiger charge is 2.27. The highest BCUT2D eigenvalue weighted by molar-refractivity contribution is 8.01. The molecule has 0 saturated carbocycles. The van der Waals surface area contributed by atoms with E-state index < -0.39 is 0 Å². The van der Waals surface area contributed by atoms with Crippen LogP contribution >= 0.6 is 11.8 Å². The summed E-state index contributed by atoms with van der Waals surface area (Å²) in [7, 11) is 0. The molecule has 2 aromatic carbocycles. The first kappa shape index (κ1) is 14.2. The highest BCUT2D eigenvalue weighted by atomic mass is 32.2. The second-order valence-electron chi connectivity index (χ2n) is 5.18. The zero-order valence-corrected chi connectivity index (χ0v) is 12.5. The summed E-state index contributed by atoms with van der Waals surface area (Å²) in [4.78, 5) is 13.5. The molecule has 21 heavy (non-hydrogen) atoms. The molecular formula is C17H18N2OS. The summed E-state index contributed by atoms with van der Waals surface area (Å²) < 4.78 is 0. The van der Waals surface area contributed by atoms with E-state index in [0.29, 0.717) is 6.54 Å². The lowest BCUT2D eigenvalue weighted by Gasteiger charge is -2.15. The van der Waals surface area contributed by atoms with Gasteiger partial charge in [-0.3, -0.25) is 4.79 Å². The summed E-state index contributed by atoms with van der Waals surface area (Å²) in [6.07, 6.45) is 0.799. The van der Waals surface area contributed by atoms with Crippen molar-refractivity contribution in [1.29, 1.82) is 0 Å². The van der Waals surface area contributed by atoms with Crippen molar-refractivity contribution in [1.82, 2.24) is 5.32 Å². The number of benzene rings is 2. The fourth-order valence-electron chi connectivity index (χ4n) is 2.47. The van der Waals surface area contributed by atoms with E-state index in [1.54, 1.807) is 11.8 Å². The van der Waals surface area contributed by atoms with Crippen LogP contribution in [0.3, 0.4) is 0 Å². The maximum Gasteiger partial charge on any atom is 0.233 e. The zero-order valence-electron chi connectivity index (χ0n) is 11.7. The van der Waals surface area contributed by atoms with Crippen molar-refractivity contribution in [2.45, 2.75) is 22.6 Å². The minimum atomic E-state index is -0.163. The van der Waals surface area contributed by atoms with Gasteiger partial charge >= 0.3 is 0 Å². The van der Waals surface area contributed by atoms with Crippen LogP contribution in [0.25, 0.3) is 0 Å². The van der Waals surface area contributed by atoms with Crippen LogP contribution in [0, 0.1) is 0 Å². The third-order valence-electron chi connectivity index (χ3n) is 3.66. The summed E-state index contributed by atoms with van der Waals surface area (Å²) >= 11 is 1.64. The van der Waals surface area contributed by atoms with Gasteiger partial charge < -0.3 is 11.1 Å². The molecule has 1 aliphatic heterocycles. The van der Waals surface area contributed by atoms with Crippen molar-refractivity contribution >= 4 is 17.7 Å². The van der Waals surface area contributed by atoms with E-state index in [4.69, 9.17) is 5.73 Å². The first-order valence-corrected chi connectivity index (χ1v) is 7.95. The van der Waals surface area contributed by atoms with Gasteiger partial charge in [0.1, 0.15) is 0 Å². The van der Waals surface area contributed by atoms with Crippen molar-refractivity contribution < 1.29 is 4.79 Å². The summed E-state index contributed by atoms with van der Waals surface area (Å²) in [5.74, 6) is 0.0718. The molecule has 3 nitrogen and oxygen atoms in total. The van der Waals surface area contributed by atoms with Gasteiger partial charge in [0, 0.05) is 17.5 Å². The normalized spacial score (nSPS) is 18.0. The second-order valence-corrected chi connectivity index (χ2v) is 6.43. The summed E-state index contributed by atoms with van der Waals surface area (Å²) in [5.41, 5.74) is 8.41. The minimum absolute atomic E-state index is 0.0367. The molecule has 0 spiro atoms. The Kier molecular flexibility index (Phi) is 4.27. The number of carbonyl (C=O) groups is 1. The molecule has 0 radical (unpaired) electrons. The molecule has 1 aliphatic rings. The molecule has 3 N–H and O–H groups in total. The molecule has 2 aromatic rings. The Labute approximate surface area is 128 Å². The molecule has 0 fully saturated rings. The van der Waals surface area contributed by atoms with E-state index in [1.165, 1.54) is 10.5 Å². The second kappa shape index (κ2) is 6.33. The van der Waals surface area contributed by atoms with Crippen LogP contribution in [0.1, 0.15) is 17.2 Å². The van der Waals surface area contributed by atoms with Crippen molar-refractivity contribution in [2.24, 2.45) is 5.73 Å². The monoisotopic (exact) mass is 298 g/mol. The zero-order chi connectivity index (χ0) is 14.7. The average molecular weight is 298 g/mol. The van der Waals surface area contributed by atoms with E-state index in [9.17, 15) is 4.79 Å². The first-order valence-electron chi connectivity index (χ1n) is 7.07. The van der Waals surface area contributed by atoms with E-state index in [0.717, 1.165) is 12.0 Å². The maximum absolute atomic E-state index is 12.3. The fourth-order valence-corrected chi connectivity index (χ4v) is 3.69. The Bertz CT molecular complexity index is 605. The largest absolute Gasteiger partial charge is 0.353 e. The number of hydrogen-bond donors (Lipinski definition) is 2. The maximum atomic E-state index is 12.3. The Morgan fingerprint density at radius 1 is 1.19 bits per heavy atom. The molecular weight excluding hydrogens is 280 g/mol. The number of nitrogens with one attached hydrogen (secondary N) is 1. The smallest absolute Gasteiger partial charge is 0.233 e.